The average molecular weight is 447 g/mol. The van der Waals surface area contributed by atoms with Gasteiger partial charge >= 0.3 is 0 Å². The van der Waals surface area contributed by atoms with Gasteiger partial charge in [-0.25, -0.2) is 15.0 Å². The highest BCUT2D eigenvalue weighted by Crippen LogP contribution is 2.30. The lowest BCUT2D eigenvalue weighted by Gasteiger charge is -2.29. The third-order valence-electron chi connectivity index (χ3n) is 5.49. The number of morpholine rings is 1. The fourth-order valence-electron chi connectivity index (χ4n) is 3.52. The van der Waals surface area contributed by atoms with Crippen LogP contribution in [0.2, 0.25) is 0 Å². The Labute approximate surface area is 192 Å². The highest BCUT2D eigenvalue weighted by molar-refractivity contribution is 5.96. The minimum Gasteiger partial charge on any atom is -0.382 e. The first kappa shape index (κ1) is 22.5. The number of fused-ring (bicyclic) bond motifs is 1. The number of benzene rings is 1. The molecule has 9 heteroatoms. The fraction of sp³-hybridized carbons (Fsp3) is 0.333. The van der Waals surface area contributed by atoms with E-state index in [1.165, 1.54) is 4.90 Å². The number of carbonyl (C=O) groups excluding carboxylic acids is 1. The van der Waals surface area contributed by atoms with Gasteiger partial charge in [0, 0.05) is 49.4 Å². The Bertz CT molecular complexity index is 1230. The summed E-state index contributed by atoms with van der Waals surface area (Å²) < 4.78 is 5.49. The summed E-state index contributed by atoms with van der Waals surface area (Å²) in [6.07, 6.45) is 0.276. The summed E-state index contributed by atoms with van der Waals surface area (Å²) in [6.45, 7) is 5.02. The van der Waals surface area contributed by atoms with Gasteiger partial charge in [-0.2, -0.15) is 0 Å². The fourth-order valence-corrected chi connectivity index (χ4v) is 3.52. The van der Waals surface area contributed by atoms with Gasteiger partial charge < -0.3 is 25.4 Å². The van der Waals surface area contributed by atoms with Crippen molar-refractivity contribution in [2.24, 2.45) is 0 Å². The van der Waals surface area contributed by atoms with Crippen LogP contribution in [-0.2, 0) is 9.53 Å². The molecule has 1 amide bonds. The summed E-state index contributed by atoms with van der Waals surface area (Å²) in [4.78, 5) is 29.4. The first-order chi connectivity index (χ1) is 16.0. The van der Waals surface area contributed by atoms with Crippen LogP contribution in [0.25, 0.3) is 22.3 Å². The van der Waals surface area contributed by atoms with E-state index in [2.05, 4.69) is 26.7 Å². The van der Waals surface area contributed by atoms with Crippen molar-refractivity contribution in [2.45, 2.75) is 13.0 Å². The zero-order chi connectivity index (χ0) is 23.4. The van der Waals surface area contributed by atoms with E-state index in [1.807, 2.05) is 31.2 Å². The molecule has 0 radical (unpaired) electrons. The smallest absolute Gasteiger partial charge is 0.263 e. The van der Waals surface area contributed by atoms with Crippen molar-refractivity contribution >= 4 is 28.4 Å². The molecule has 0 saturated carbocycles. The van der Waals surface area contributed by atoms with E-state index in [9.17, 15) is 9.90 Å². The lowest BCUT2D eigenvalue weighted by atomic mass is 10.1. The van der Waals surface area contributed by atoms with Crippen molar-refractivity contribution in [1.29, 1.82) is 0 Å². The lowest BCUT2D eigenvalue weighted by molar-refractivity contribution is -0.135. The standard InChI is InChI=1S/C24H26N6O3/c1-3-29(2)24(32)19(31)8-7-16-5-4-6-17(15-16)22-27-20-18(9-10-26-21(20)25)23(28-22)30-11-13-33-14-12-30/h4-6,9-10,15,19,31H,3,11-14H2,1-2H3,(H2,25,26)/t19-/m1/s1. The Kier molecular flexibility index (Phi) is 6.68. The van der Waals surface area contributed by atoms with Gasteiger partial charge in [0.15, 0.2) is 11.9 Å². The van der Waals surface area contributed by atoms with Gasteiger partial charge in [0.2, 0.25) is 0 Å². The molecule has 0 bridgehead atoms. The van der Waals surface area contributed by atoms with E-state index in [1.54, 1.807) is 19.3 Å². The van der Waals surface area contributed by atoms with Gasteiger partial charge in [0.1, 0.15) is 17.2 Å². The molecule has 1 saturated heterocycles. The van der Waals surface area contributed by atoms with Crippen LogP contribution in [0, 0.1) is 11.8 Å². The maximum absolute atomic E-state index is 12.1. The van der Waals surface area contributed by atoms with E-state index >= 15 is 0 Å². The monoisotopic (exact) mass is 446 g/mol. The summed E-state index contributed by atoms with van der Waals surface area (Å²) in [5.74, 6) is 6.67. The van der Waals surface area contributed by atoms with E-state index in [-0.39, 0.29) is 0 Å². The molecule has 4 rings (SSSR count). The van der Waals surface area contributed by atoms with E-state index in [0.29, 0.717) is 42.5 Å². The van der Waals surface area contributed by atoms with E-state index < -0.39 is 12.0 Å². The molecule has 1 aromatic carbocycles. The van der Waals surface area contributed by atoms with Gasteiger partial charge in [-0.3, -0.25) is 4.79 Å². The minimum atomic E-state index is -1.38. The maximum atomic E-state index is 12.1. The first-order valence-electron chi connectivity index (χ1n) is 10.8. The SMILES string of the molecule is CCN(C)C(=O)[C@H](O)C#Cc1cccc(-c2nc(N3CCOCC3)c3ccnc(N)c3n2)c1. The molecule has 9 nitrogen and oxygen atoms in total. The zero-order valence-corrected chi connectivity index (χ0v) is 18.7. The molecule has 0 unspecified atom stereocenters. The highest BCUT2D eigenvalue weighted by atomic mass is 16.5. The minimum absolute atomic E-state index is 0.336. The van der Waals surface area contributed by atoms with Crippen molar-refractivity contribution in [3.63, 3.8) is 0 Å². The summed E-state index contributed by atoms with van der Waals surface area (Å²) in [7, 11) is 1.62. The van der Waals surface area contributed by atoms with Crippen LogP contribution in [0.5, 0.6) is 0 Å². The molecule has 33 heavy (non-hydrogen) atoms. The summed E-state index contributed by atoms with van der Waals surface area (Å²) in [5, 5.41) is 10.9. The van der Waals surface area contributed by atoms with Gasteiger partial charge in [0.05, 0.1) is 13.2 Å². The number of carbonyl (C=O) groups is 1. The third-order valence-corrected chi connectivity index (χ3v) is 5.49. The van der Waals surface area contributed by atoms with Crippen LogP contribution < -0.4 is 10.6 Å². The Hall–Kier alpha value is -3.74. The number of ether oxygens (including phenoxy) is 1. The van der Waals surface area contributed by atoms with Crippen LogP contribution >= 0.6 is 0 Å². The van der Waals surface area contributed by atoms with Crippen molar-refractivity contribution in [2.75, 3.05) is 50.5 Å². The number of nitrogens with two attached hydrogens (primary N) is 1. The number of aliphatic hydroxyl groups is 1. The highest BCUT2D eigenvalue weighted by Gasteiger charge is 2.19. The van der Waals surface area contributed by atoms with Crippen LogP contribution in [0.4, 0.5) is 11.6 Å². The molecular weight excluding hydrogens is 420 g/mol. The molecule has 1 atom stereocenters. The van der Waals surface area contributed by atoms with Crippen LogP contribution in [0.3, 0.4) is 0 Å². The van der Waals surface area contributed by atoms with Crippen LogP contribution in [0.1, 0.15) is 12.5 Å². The number of rotatable bonds is 4. The molecule has 1 aliphatic rings. The Morgan fingerprint density at radius 1 is 1.30 bits per heavy atom. The molecule has 1 aliphatic heterocycles. The molecule has 2 aromatic heterocycles. The van der Waals surface area contributed by atoms with Crippen LogP contribution in [0.15, 0.2) is 36.5 Å². The number of nitrogens with zero attached hydrogens (tertiary/aromatic N) is 5. The quantitative estimate of drug-likeness (QED) is 0.576. The summed E-state index contributed by atoms with van der Waals surface area (Å²) >= 11 is 0. The Morgan fingerprint density at radius 3 is 2.85 bits per heavy atom. The lowest BCUT2D eigenvalue weighted by Crippen LogP contribution is -2.37. The maximum Gasteiger partial charge on any atom is 0.263 e. The van der Waals surface area contributed by atoms with Crippen molar-refractivity contribution in [1.82, 2.24) is 19.9 Å². The molecular formula is C24H26N6O3. The number of likely N-dealkylation sites (N-methyl/N-ethyl adjacent to an activating group) is 1. The van der Waals surface area contributed by atoms with E-state index in [4.69, 9.17) is 15.5 Å². The number of hydrogen-bond acceptors (Lipinski definition) is 8. The van der Waals surface area contributed by atoms with Crippen LogP contribution in [-0.4, -0.2) is 76.9 Å². The summed E-state index contributed by atoms with van der Waals surface area (Å²) in [5.41, 5.74) is 8.11. The number of aromatic nitrogens is 3. The van der Waals surface area contributed by atoms with Crippen molar-refractivity contribution in [3.05, 3.63) is 42.1 Å². The number of anilines is 2. The second-order valence-corrected chi connectivity index (χ2v) is 7.67. The molecule has 3 heterocycles. The first-order valence-corrected chi connectivity index (χ1v) is 10.8. The predicted octanol–water partition coefficient (Wildman–Crippen LogP) is 1.30. The Balaban J connectivity index is 1.72. The second kappa shape index (κ2) is 9.81. The Morgan fingerprint density at radius 2 is 2.09 bits per heavy atom. The largest absolute Gasteiger partial charge is 0.382 e. The average Bonchev–Trinajstić information content (AvgIpc) is 2.86. The van der Waals surface area contributed by atoms with Gasteiger partial charge in [-0.1, -0.05) is 24.0 Å². The summed E-state index contributed by atoms with van der Waals surface area (Å²) in [6, 6.07) is 9.21. The molecule has 3 N–H and O–H groups in total. The van der Waals surface area contributed by atoms with Gasteiger partial charge in [-0.05, 0) is 25.1 Å². The predicted molar refractivity (Wildman–Crippen MR) is 126 cm³/mol. The molecule has 170 valence electrons. The second-order valence-electron chi connectivity index (χ2n) is 7.67. The number of aliphatic hydroxyl groups excluding tert-OH is 1. The number of hydrogen-bond donors (Lipinski definition) is 2. The topological polar surface area (TPSA) is 118 Å². The third kappa shape index (κ3) is 4.87. The number of nitrogen functional groups attached to an aromatic ring is 1. The van der Waals surface area contributed by atoms with Crippen molar-refractivity contribution in [3.8, 4) is 23.2 Å². The van der Waals surface area contributed by atoms with E-state index in [0.717, 1.165) is 29.9 Å². The molecule has 0 aliphatic carbocycles. The van der Waals surface area contributed by atoms with Gasteiger partial charge in [-0.15, -0.1) is 0 Å². The number of amides is 1. The molecule has 3 aromatic rings. The number of pyridine rings is 1. The normalized spacial score (nSPS) is 14.5. The molecule has 1 fully saturated rings. The van der Waals surface area contributed by atoms with Crippen molar-refractivity contribution < 1.29 is 14.6 Å². The molecule has 0 spiro atoms. The zero-order valence-electron chi connectivity index (χ0n) is 18.7. The van der Waals surface area contributed by atoms with Gasteiger partial charge in [0.25, 0.3) is 5.91 Å².